The molecular weight excluding hydrogens is 396 g/mol. The van der Waals surface area contributed by atoms with Crippen LogP contribution in [0.4, 0.5) is 5.88 Å². The van der Waals surface area contributed by atoms with Gasteiger partial charge in [-0.25, -0.2) is 12.7 Å². The van der Waals surface area contributed by atoms with Crippen LogP contribution in [-0.4, -0.2) is 78.9 Å². The normalized spacial score (nSPS) is 19.5. The number of rotatable bonds is 8. The molecule has 29 heavy (non-hydrogen) atoms. The van der Waals surface area contributed by atoms with E-state index in [1.54, 1.807) is 6.07 Å². The van der Waals surface area contributed by atoms with Crippen LogP contribution >= 0.6 is 0 Å². The number of hydrogen-bond acceptors (Lipinski definition) is 7. The van der Waals surface area contributed by atoms with Crippen LogP contribution in [0.15, 0.2) is 10.6 Å². The van der Waals surface area contributed by atoms with Crippen LogP contribution in [0.2, 0.25) is 0 Å². The molecule has 1 saturated heterocycles. The highest BCUT2D eigenvalue weighted by molar-refractivity contribution is 7.88. The molecule has 1 fully saturated rings. The van der Waals surface area contributed by atoms with E-state index in [4.69, 9.17) is 4.52 Å². The Balaban J connectivity index is 2.01. The van der Waals surface area contributed by atoms with Crippen molar-refractivity contribution in [3.8, 4) is 0 Å². The second-order valence-corrected chi connectivity index (χ2v) is 11.1. The summed E-state index contributed by atoms with van der Waals surface area (Å²) in [5.41, 5.74) is -0.845. The molecule has 0 saturated carbocycles. The van der Waals surface area contributed by atoms with Crippen molar-refractivity contribution in [2.24, 2.45) is 5.92 Å². The van der Waals surface area contributed by atoms with E-state index in [2.05, 4.69) is 10.5 Å². The maximum atomic E-state index is 12.9. The molecule has 1 aromatic heterocycles. The summed E-state index contributed by atoms with van der Waals surface area (Å²) < 4.78 is 30.4. The van der Waals surface area contributed by atoms with Crippen molar-refractivity contribution in [2.75, 3.05) is 44.9 Å². The maximum Gasteiger partial charge on any atom is 0.246 e. The summed E-state index contributed by atoms with van der Waals surface area (Å²) in [6.07, 6.45) is 2.98. The van der Waals surface area contributed by atoms with Crippen LogP contribution in [0.25, 0.3) is 0 Å². The highest BCUT2D eigenvalue weighted by Gasteiger charge is 2.36. The van der Waals surface area contributed by atoms with Gasteiger partial charge in [0.1, 0.15) is 0 Å². The first-order valence-corrected chi connectivity index (χ1v) is 11.7. The van der Waals surface area contributed by atoms with Crippen LogP contribution in [-0.2, 0) is 20.2 Å². The van der Waals surface area contributed by atoms with Gasteiger partial charge in [0.2, 0.25) is 21.8 Å². The number of sulfonamides is 1. The van der Waals surface area contributed by atoms with Crippen molar-refractivity contribution in [3.05, 3.63) is 11.8 Å². The number of nitrogens with zero attached hydrogens (tertiary/aromatic N) is 3. The molecule has 1 atom stereocenters. The van der Waals surface area contributed by atoms with E-state index in [-0.39, 0.29) is 24.3 Å². The van der Waals surface area contributed by atoms with Gasteiger partial charge in [-0.1, -0.05) is 19.0 Å². The molecule has 1 aliphatic rings. The lowest BCUT2D eigenvalue weighted by molar-refractivity contribution is -0.126. The summed E-state index contributed by atoms with van der Waals surface area (Å²) in [4.78, 5) is 14.8. The Morgan fingerprint density at radius 1 is 1.41 bits per heavy atom. The Bertz CT molecular complexity index is 818. The monoisotopic (exact) mass is 430 g/mol. The highest BCUT2D eigenvalue weighted by atomic mass is 32.2. The van der Waals surface area contributed by atoms with E-state index in [9.17, 15) is 18.3 Å². The van der Waals surface area contributed by atoms with Crippen molar-refractivity contribution < 1.29 is 22.8 Å². The minimum absolute atomic E-state index is 0.0902. The van der Waals surface area contributed by atoms with E-state index < -0.39 is 21.0 Å². The predicted octanol–water partition coefficient (Wildman–Crippen LogP) is 1.27. The Labute approximate surface area is 173 Å². The topological polar surface area (TPSA) is 116 Å². The molecule has 2 N–H and O–H groups in total. The zero-order chi connectivity index (χ0) is 22.0. The first-order chi connectivity index (χ1) is 13.3. The molecule has 166 valence electrons. The Hall–Kier alpha value is -1.49. The van der Waals surface area contributed by atoms with Gasteiger partial charge in [-0.3, -0.25) is 15.0 Å². The van der Waals surface area contributed by atoms with Crippen molar-refractivity contribution in [1.29, 1.82) is 0 Å². The lowest BCUT2D eigenvalue weighted by atomic mass is 9.91. The van der Waals surface area contributed by atoms with Gasteiger partial charge in [0.25, 0.3) is 0 Å². The molecule has 9 nitrogen and oxygen atoms in total. The second kappa shape index (κ2) is 8.71. The molecule has 0 spiro atoms. The number of amides is 1. The Morgan fingerprint density at radius 2 is 2.07 bits per heavy atom. The molecule has 0 aliphatic carbocycles. The Kier molecular flexibility index (Phi) is 7.14. The van der Waals surface area contributed by atoms with Crippen LogP contribution in [0.5, 0.6) is 0 Å². The van der Waals surface area contributed by atoms with E-state index in [1.165, 1.54) is 10.6 Å². The second-order valence-electron chi connectivity index (χ2n) is 9.14. The number of aromatic nitrogens is 1. The SMILES string of the molecule is CN(C[C@@H]1CCCN(S(C)(=O)=O)C1)C(C)(C)C(=O)Nc1cc(C(C)(C)CO)no1. The number of likely N-dealkylation sites (N-methyl/N-ethyl adjacent to an activating group) is 1. The molecule has 2 rings (SSSR count). The number of hydrogen-bond donors (Lipinski definition) is 2. The molecule has 1 amide bonds. The summed E-state index contributed by atoms with van der Waals surface area (Å²) in [5.74, 6) is 0.145. The third-order valence-electron chi connectivity index (χ3n) is 5.83. The highest BCUT2D eigenvalue weighted by Crippen LogP contribution is 2.26. The van der Waals surface area contributed by atoms with Gasteiger partial charge in [-0.15, -0.1) is 0 Å². The number of aliphatic hydroxyl groups is 1. The molecule has 2 heterocycles. The predicted molar refractivity (Wildman–Crippen MR) is 111 cm³/mol. The van der Waals surface area contributed by atoms with E-state index in [1.807, 2.05) is 39.6 Å². The van der Waals surface area contributed by atoms with Crippen molar-refractivity contribution in [2.45, 2.75) is 51.5 Å². The average molecular weight is 431 g/mol. The summed E-state index contributed by atoms with van der Waals surface area (Å²) in [6.45, 7) is 8.83. The largest absolute Gasteiger partial charge is 0.395 e. The van der Waals surface area contributed by atoms with Gasteiger partial charge < -0.3 is 9.63 Å². The first-order valence-electron chi connectivity index (χ1n) is 9.83. The molecular formula is C19H34N4O5S. The molecule has 0 unspecified atom stereocenters. The molecule has 1 aliphatic heterocycles. The third kappa shape index (κ3) is 5.78. The van der Waals surface area contributed by atoms with Gasteiger partial charge in [0, 0.05) is 31.1 Å². The quantitative estimate of drug-likeness (QED) is 0.638. The zero-order valence-corrected chi connectivity index (χ0v) is 19.0. The van der Waals surface area contributed by atoms with Gasteiger partial charge in [0.15, 0.2) is 0 Å². The summed E-state index contributed by atoms with van der Waals surface area (Å²) in [5, 5.41) is 16.1. The van der Waals surface area contributed by atoms with Crippen LogP contribution in [0.3, 0.4) is 0 Å². The minimum Gasteiger partial charge on any atom is -0.395 e. The standard InChI is InChI=1S/C19H34N4O5S/c1-18(2,13-24)15-10-16(28-21-15)20-17(25)19(3,4)22(5)11-14-8-7-9-23(12-14)29(6,26)27/h10,14,24H,7-9,11-13H2,1-6H3,(H,20,25)/t14-/m0/s1. The van der Waals surface area contributed by atoms with Crippen molar-refractivity contribution in [1.82, 2.24) is 14.4 Å². The maximum absolute atomic E-state index is 12.9. The third-order valence-corrected chi connectivity index (χ3v) is 7.10. The van der Waals surface area contributed by atoms with Gasteiger partial charge >= 0.3 is 0 Å². The van der Waals surface area contributed by atoms with E-state index >= 15 is 0 Å². The number of nitrogens with one attached hydrogen (secondary N) is 1. The van der Waals surface area contributed by atoms with Crippen LogP contribution in [0.1, 0.15) is 46.2 Å². The molecule has 0 aromatic carbocycles. The van der Waals surface area contributed by atoms with Crippen molar-refractivity contribution in [3.63, 3.8) is 0 Å². The molecule has 0 bridgehead atoms. The fourth-order valence-electron chi connectivity index (χ4n) is 3.26. The molecule has 0 radical (unpaired) electrons. The van der Waals surface area contributed by atoms with E-state index in [0.29, 0.717) is 25.3 Å². The first kappa shape index (κ1) is 23.8. The van der Waals surface area contributed by atoms with Crippen LogP contribution < -0.4 is 5.32 Å². The molecule has 1 aromatic rings. The number of carbonyl (C=O) groups is 1. The van der Waals surface area contributed by atoms with Gasteiger partial charge in [0.05, 0.1) is 24.1 Å². The molecule has 10 heteroatoms. The minimum atomic E-state index is -3.20. The summed E-state index contributed by atoms with van der Waals surface area (Å²) in [7, 11) is -1.34. The zero-order valence-electron chi connectivity index (χ0n) is 18.2. The lowest BCUT2D eigenvalue weighted by Gasteiger charge is -2.39. The number of anilines is 1. The van der Waals surface area contributed by atoms with Crippen molar-refractivity contribution >= 4 is 21.8 Å². The lowest BCUT2D eigenvalue weighted by Crippen LogP contribution is -2.53. The number of piperidine rings is 1. The van der Waals surface area contributed by atoms with Crippen LogP contribution in [0, 0.1) is 5.92 Å². The van der Waals surface area contributed by atoms with E-state index in [0.717, 1.165) is 12.8 Å². The fourth-order valence-corrected chi connectivity index (χ4v) is 4.21. The number of carbonyl (C=O) groups excluding carboxylic acids is 1. The van der Waals surface area contributed by atoms with Gasteiger partial charge in [-0.05, 0) is 39.7 Å². The smallest absolute Gasteiger partial charge is 0.246 e. The summed E-state index contributed by atoms with van der Waals surface area (Å²) >= 11 is 0. The number of aliphatic hydroxyl groups excluding tert-OH is 1. The summed E-state index contributed by atoms with van der Waals surface area (Å²) in [6, 6.07) is 1.62. The van der Waals surface area contributed by atoms with Gasteiger partial charge in [-0.2, -0.15) is 0 Å². The Morgan fingerprint density at radius 3 is 2.66 bits per heavy atom. The average Bonchev–Trinajstić information content (AvgIpc) is 3.10. The fraction of sp³-hybridized carbons (Fsp3) is 0.789.